The topological polar surface area (TPSA) is 86.0 Å². The lowest BCUT2D eigenvalue weighted by molar-refractivity contribution is 0.550. The van der Waals surface area contributed by atoms with Crippen LogP contribution in [0.25, 0.3) is 5.69 Å². The third kappa shape index (κ3) is 4.04. The maximum absolute atomic E-state index is 12.9. The Morgan fingerprint density at radius 1 is 1.10 bits per heavy atom. The molecule has 2 aromatic carbocycles. The number of sulfonamides is 1. The first-order valence-electron chi connectivity index (χ1n) is 9.69. The van der Waals surface area contributed by atoms with Crippen LogP contribution in [0.3, 0.4) is 0 Å². The van der Waals surface area contributed by atoms with Gasteiger partial charge in [-0.2, -0.15) is 5.10 Å². The van der Waals surface area contributed by atoms with E-state index in [-0.39, 0.29) is 29.6 Å². The number of aryl methyl sites for hydroxylation is 2. The van der Waals surface area contributed by atoms with Crippen molar-refractivity contribution in [2.24, 2.45) is 0 Å². The Kier molecular flexibility index (Phi) is 5.14. The molecule has 8 heteroatoms. The van der Waals surface area contributed by atoms with Crippen molar-refractivity contribution < 1.29 is 8.42 Å². The van der Waals surface area contributed by atoms with Gasteiger partial charge in [0.25, 0.3) is 0 Å². The number of nitrogens with one attached hydrogen (secondary N) is 1. The van der Waals surface area contributed by atoms with Gasteiger partial charge in [-0.05, 0) is 50.5 Å². The van der Waals surface area contributed by atoms with Crippen molar-refractivity contribution in [3.05, 3.63) is 76.0 Å². The molecular formula is C21H24N4O3S. The van der Waals surface area contributed by atoms with Crippen molar-refractivity contribution in [3.63, 3.8) is 0 Å². The molecule has 0 spiro atoms. The van der Waals surface area contributed by atoms with Gasteiger partial charge in [0.1, 0.15) is 5.82 Å². The van der Waals surface area contributed by atoms with E-state index in [0.29, 0.717) is 5.56 Å². The van der Waals surface area contributed by atoms with Gasteiger partial charge in [0.05, 0.1) is 17.1 Å². The lowest BCUT2D eigenvalue weighted by atomic mass is 10.2. The van der Waals surface area contributed by atoms with E-state index in [4.69, 9.17) is 0 Å². The van der Waals surface area contributed by atoms with Crippen LogP contribution in [0.15, 0.2) is 58.2 Å². The molecule has 0 aliphatic heterocycles. The molecule has 0 unspecified atom stereocenters. The molecule has 1 aliphatic carbocycles. The van der Waals surface area contributed by atoms with Gasteiger partial charge in [0.2, 0.25) is 10.0 Å². The number of hydrogen-bond donors (Lipinski definition) is 1. The van der Waals surface area contributed by atoms with E-state index >= 15 is 0 Å². The summed E-state index contributed by atoms with van der Waals surface area (Å²) in [4.78, 5) is 13.2. The molecule has 1 aliphatic rings. The Balaban J connectivity index is 1.54. The predicted molar refractivity (Wildman–Crippen MR) is 111 cm³/mol. The highest BCUT2D eigenvalue weighted by Crippen LogP contribution is 2.39. The molecule has 3 aromatic rings. The molecule has 1 aromatic heterocycles. The largest absolute Gasteiger partial charge is 0.350 e. The molecular weight excluding hydrogens is 388 g/mol. The number of benzene rings is 2. The first-order chi connectivity index (χ1) is 13.9. The molecule has 0 saturated heterocycles. The summed E-state index contributed by atoms with van der Waals surface area (Å²) in [5.74, 6) is 1.04. The summed E-state index contributed by atoms with van der Waals surface area (Å²) >= 11 is 0. The van der Waals surface area contributed by atoms with Gasteiger partial charge in [-0.25, -0.2) is 27.2 Å². The minimum Gasteiger partial charge on any atom is -0.247 e. The molecule has 0 atom stereocenters. The van der Waals surface area contributed by atoms with Crippen molar-refractivity contribution in [2.45, 2.75) is 44.0 Å². The third-order valence-corrected chi connectivity index (χ3v) is 6.68. The number of nitrogens with zero attached hydrogens (tertiary/aromatic N) is 3. The van der Waals surface area contributed by atoms with Crippen LogP contribution in [-0.2, 0) is 16.6 Å². The Bertz CT molecular complexity index is 1190. The van der Waals surface area contributed by atoms with Gasteiger partial charge >= 0.3 is 5.69 Å². The molecule has 152 valence electrons. The molecule has 0 amide bonds. The zero-order chi connectivity index (χ0) is 20.6. The zero-order valence-electron chi connectivity index (χ0n) is 16.5. The Labute approximate surface area is 170 Å². The van der Waals surface area contributed by atoms with E-state index in [1.807, 2.05) is 43.3 Å². The van der Waals surface area contributed by atoms with E-state index in [0.717, 1.165) is 29.9 Å². The highest BCUT2D eigenvalue weighted by molar-refractivity contribution is 7.89. The summed E-state index contributed by atoms with van der Waals surface area (Å²) in [5, 5.41) is 4.50. The SMILES string of the molecule is Cc1ccc(S(=O)(=O)NCCn2nc(C3CC3)n(-c3ccccc3)c2=O)c(C)c1. The summed E-state index contributed by atoms with van der Waals surface area (Å²) < 4.78 is 30.8. The summed E-state index contributed by atoms with van der Waals surface area (Å²) in [5.41, 5.74) is 2.23. The van der Waals surface area contributed by atoms with Crippen LogP contribution in [0.1, 0.15) is 35.7 Å². The average Bonchev–Trinajstić information content (AvgIpc) is 3.47. The standard InChI is InChI=1S/C21H24N4O3S/c1-15-8-11-19(16(2)14-15)29(27,28)22-12-13-24-21(26)25(18-6-4-3-5-7-18)20(23-24)17-9-10-17/h3-8,11,14,17,22H,9-10,12-13H2,1-2H3. The maximum atomic E-state index is 12.9. The van der Waals surface area contributed by atoms with Crippen LogP contribution in [-0.4, -0.2) is 29.3 Å². The molecule has 4 rings (SSSR count). The summed E-state index contributed by atoms with van der Waals surface area (Å²) in [7, 11) is -3.65. The molecule has 1 heterocycles. The first kappa shape index (κ1) is 19.6. The maximum Gasteiger partial charge on any atom is 0.350 e. The Hall–Kier alpha value is -2.71. The van der Waals surface area contributed by atoms with Gasteiger partial charge in [0.15, 0.2) is 0 Å². The van der Waals surface area contributed by atoms with Gasteiger partial charge in [-0.1, -0.05) is 35.9 Å². The number of para-hydroxylation sites is 1. The van der Waals surface area contributed by atoms with E-state index in [1.54, 1.807) is 23.6 Å². The molecule has 1 saturated carbocycles. The molecule has 1 fully saturated rings. The second-order valence-electron chi connectivity index (χ2n) is 7.48. The van der Waals surface area contributed by atoms with Crippen molar-refractivity contribution in [1.82, 2.24) is 19.1 Å². The summed E-state index contributed by atoms with van der Waals surface area (Å²) in [6.45, 7) is 3.95. The lowest BCUT2D eigenvalue weighted by Gasteiger charge is -2.09. The van der Waals surface area contributed by atoms with Crippen LogP contribution in [0.5, 0.6) is 0 Å². The highest BCUT2D eigenvalue weighted by atomic mass is 32.2. The fourth-order valence-electron chi connectivity index (χ4n) is 3.46. The second-order valence-corrected chi connectivity index (χ2v) is 9.21. The second kappa shape index (κ2) is 7.61. The average molecular weight is 413 g/mol. The number of aromatic nitrogens is 3. The van der Waals surface area contributed by atoms with Gasteiger partial charge in [-0.3, -0.25) is 0 Å². The van der Waals surface area contributed by atoms with E-state index in [9.17, 15) is 13.2 Å². The Morgan fingerprint density at radius 2 is 1.83 bits per heavy atom. The molecule has 0 bridgehead atoms. The van der Waals surface area contributed by atoms with Gasteiger partial charge < -0.3 is 0 Å². The smallest absolute Gasteiger partial charge is 0.247 e. The number of rotatable bonds is 7. The monoisotopic (exact) mass is 412 g/mol. The van der Waals surface area contributed by atoms with Crippen molar-refractivity contribution in [2.75, 3.05) is 6.54 Å². The minimum atomic E-state index is -3.65. The van der Waals surface area contributed by atoms with Crippen LogP contribution in [0, 0.1) is 13.8 Å². The molecule has 1 N–H and O–H groups in total. The van der Waals surface area contributed by atoms with E-state index in [2.05, 4.69) is 9.82 Å². The Morgan fingerprint density at radius 3 is 2.48 bits per heavy atom. The van der Waals surface area contributed by atoms with E-state index < -0.39 is 10.0 Å². The lowest BCUT2D eigenvalue weighted by Crippen LogP contribution is -2.32. The summed E-state index contributed by atoms with van der Waals surface area (Å²) in [6.07, 6.45) is 2.03. The summed E-state index contributed by atoms with van der Waals surface area (Å²) in [6, 6.07) is 14.6. The van der Waals surface area contributed by atoms with Gasteiger partial charge in [-0.15, -0.1) is 0 Å². The van der Waals surface area contributed by atoms with Crippen LogP contribution in [0.4, 0.5) is 0 Å². The van der Waals surface area contributed by atoms with Crippen LogP contribution in [0.2, 0.25) is 0 Å². The fourth-order valence-corrected chi connectivity index (χ4v) is 4.71. The minimum absolute atomic E-state index is 0.0888. The van der Waals surface area contributed by atoms with Crippen LogP contribution < -0.4 is 10.4 Å². The van der Waals surface area contributed by atoms with Crippen LogP contribution >= 0.6 is 0 Å². The predicted octanol–water partition coefficient (Wildman–Crippen LogP) is 2.51. The molecule has 7 nitrogen and oxygen atoms in total. The highest BCUT2D eigenvalue weighted by Gasteiger charge is 2.31. The van der Waals surface area contributed by atoms with Crippen molar-refractivity contribution in [1.29, 1.82) is 0 Å². The van der Waals surface area contributed by atoms with Crippen molar-refractivity contribution >= 4 is 10.0 Å². The normalized spacial score (nSPS) is 14.3. The fraction of sp³-hybridized carbons (Fsp3) is 0.333. The molecule has 29 heavy (non-hydrogen) atoms. The third-order valence-electron chi connectivity index (χ3n) is 5.06. The number of hydrogen-bond acceptors (Lipinski definition) is 4. The first-order valence-corrected chi connectivity index (χ1v) is 11.2. The zero-order valence-corrected chi connectivity index (χ0v) is 17.3. The quantitative estimate of drug-likeness (QED) is 0.646. The van der Waals surface area contributed by atoms with Crippen molar-refractivity contribution in [3.8, 4) is 5.69 Å². The van der Waals surface area contributed by atoms with E-state index in [1.165, 1.54) is 4.68 Å². The van der Waals surface area contributed by atoms with Gasteiger partial charge in [0, 0.05) is 12.5 Å². The molecule has 0 radical (unpaired) electrons.